The number of nitrogens with zero attached hydrogens (tertiary/aromatic N) is 2. The normalized spacial score (nSPS) is 13.1. The summed E-state index contributed by atoms with van der Waals surface area (Å²) in [5.74, 6) is 1.41. The molecule has 1 aliphatic heterocycles. The molecule has 0 aromatic heterocycles. The number of nitrogen functional groups attached to an aromatic ring is 1. The SMILES string of the molecule is COc1ccc(CN(C)C(=O)CN2CCCc3c(N)cccc32)cc1OC. The molecule has 27 heavy (non-hydrogen) atoms. The van der Waals surface area contributed by atoms with E-state index in [9.17, 15) is 4.79 Å². The average molecular weight is 369 g/mol. The summed E-state index contributed by atoms with van der Waals surface area (Å²) in [6.45, 7) is 1.73. The fourth-order valence-corrected chi connectivity index (χ4v) is 3.52. The van der Waals surface area contributed by atoms with Crippen LogP contribution in [0.3, 0.4) is 0 Å². The predicted molar refractivity (Wildman–Crippen MR) is 107 cm³/mol. The van der Waals surface area contributed by atoms with E-state index < -0.39 is 0 Å². The summed E-state index contributed by atoms with van der Waals surface area (Å²) in [5, 5.41) is 0. The highest BCUT2D eigenvalue weighted by atomic mass is 16.5. The van der Waals surface area contributed by atoms with Crippen LogP contribution in [-0.2, 0) is 17.8 Å². The second kappa shape index (κ2) is 8.20. The van der Waals surface area contributed by atoms with E-state index in [1.165, 1.54) is 0 Å². The molecule has 0 fully saturated rings. The minimum Gasteiger partial charge on any atom is -0.493 e. The van der Waals surface area contributed by atoms with Gasteiger partial charge >= 0.3 is 0 Å². The van der Waals surface area contributed by atoms with Gasteiger partial charge in [-0.2, -0.15) is 0 Å². The standard InChI is InChI=1S/C21H27N3O3/c1-23(13-15-9-10-19(26-2)20(12-15)27-3)21(25)14-24-11-5-6-16-17(22)7-4-8-18(16)24/h4,7-10,12H,5-6,11,13-14,22H2,1-3H3. The van der Waals surface area contributed by atoms with Gasteiger partial charge < -0.3 is 25.0 Å². The number of likely N-dealkylation sites (N-methyl/N-ethyl adjacent to an activating group) is 1. The number of hydrogen-bond acceptors (Lipinski definition) is 5. The largest absolute Gasteiger partial charge is 0.493 e. The third kappa shape index (κ3) is 4.10. The first-order valence-electron chi connectivity index (χ1n) is 9.10. The molecular formula is C21H27N3O3. The molecule has 0 spiro atoms. The molecule has 0 aliphatic carbocycles. The Bertz CT molecular complexity index is 822. The van der Waals surface area contributed by atoms with Crippen molar-refractivity contribution in [3.8, 4) is 11.5 Å². The summed E-state index contributed by atoms with van der Waals surface area (Å²) in [7, 11) is 5.04. The van der Waals surface area contributed by atoms with E-state index in [-0.39, 0.29) is 5.91 Å². The molecule has 1 heterocycles. The lowest BCUT2D eigenvalue weighted by atomic mass is 10.00. The van der Waals surface area contributed by atoms with Crippen molar-refractivity contribution in [1.82, 2.24) is 4.90 Å². The van der Waals surface area contributed by atoms with Crippen LogP contribution in [0.1, 0.15) is 17.5 Å². The van der Waals surface area contributed by atoms with Crippen molar-refractivity contribution in [2.75, 3.05) is 45.0 Å². The second-order valence-corrected chi connectivity index (χ2v) is 6.81. The van der Waals surface area contributed by atoms with Gasteiger partial charge in [0.15, 0.2) is 11.5 Å². The zero-order chi connectivity index (χ0) is 19.4. The number of carbonyl (C=O) groups excluding carboxylic acids is 1. The zero-order valence-corrected chi connectivity index (χ0v) is 16.2. The van der Waals surface area contributed by atoms with Crippen molar-refractivity contribution in [2.24, 2.45) is 0 Å². The Hall–Kier alpha value is -2.89. The van der Waals surface area contributed by atoms with Crippen molar-refractivity contribution < 1.29 is 14.3 Å². The van der Waals surface area contributed by atoms with Crippen LogP contribution in [0, 0.1) is 0 Å². The minimum absolute atomic E-state index is 0.0695. The maximum absolute atomic E-state index is 12.8. The number of benzene rings is 2. The minimum atomic E-state index is 0.0695. The Morgan fingerprint density at radius 3 is 2.70 bits per heavy atom. The number of hydrogen-bond donors (Lipinski definition) is 1. The lowest BCUT2D eigenvalue weighted by molar-refractivity contribution is -0.129. The summed E-state index contributed by atoms with van der Waals surface area (Å²) >= 11 is 0. The maximum atomic E-state index is 12.8. The van der Waals surface area contributed by atoms with E-state index in [1.54, 1.807) is 19.1 Å². The Labute approximate surface area is 160 Å². The maximum Gasteiger partial charge on any atom is 0.242 e. The lowest BCUT2D eigenvalue weighted by Crippen LogP contribution is -2.40. The molecule has 6 heteroatoms. The first-order valence-corrected chi connectivity index (χ1v) is 9.10. The molecule has 1 aliphatic rings. The van der Waals surface area contributed by atoms with Crippen LogP contribution in [0.15, 0.2) is 36.4 Å². The molecule has 2 aromatic rings. The molecule has 1 amide bonds. The van der Waals surface area contributed by atoms with Crippen LogP contribution >= 0.6 is 0 Å². The van der Waals surface area contributed by atoms with Crippen LogP contribution in [-0.4, -0.2) is 45.2 Å². The first kappa shape index (κ1) is 18.9. The summed E-state index contributed by atoms with van der Waals surface area (Å²) in [6, 6.07) is 11.6. The first-order chi connectivity index (χ1) is 13.0. The Morgan fingerprint density at radius 2 is 1.96 bits per heavy atom. The molecule has 0 radical (unpaired) electrons. The fraction of sp³-hybridized carbons (Fsp3) is 0.381. The van der Waals surface area contributed by atoms with Gasteiger partial charge in [-0.05, 0) is 48.2 Å². The lowest BCUT2D eigenvalue weighted by Gasteiger charge is -2.32. The third-order valence-corrected chi connectivity index (χ3v) is 5.00. The van der Waals surface area contributed by atoms with Gasteiger partial charge in [-0.25, -0.2) is 0 Å². The zero-order valence-electron chi connectivity index (χ0n) is 16.2. The number of carbonyl (C=O) groups is 1. The highest BCUT2D eigenvalue weighted by molar-refractivity contribution is 5.82. The number of methoxy groups -OCH3 is 2. The number of amides is 1. The van der Waals surface area contributed by atoms with E-state index in [4.69, 9.17) is 15.2 Å². The highest BCUT2D eigenvalue weighted by Crippen LogP contribution is 2.31. The molecular weight excluding hydrogens is 342 g/mol. The van der Waals surface area contributed by atoms with Gasteiger partial charge in [-0.15, -0.1) is 0 Å². The molecule has 2 aromatic carbocycles. The van der Waals surface area contributed by atoms with Crippen molar-refractivity contribution >= 4 is 17.3 Å². The van der Waals surface area contributed by atoms with E-state index in [2.05, 4.69) is 4.90 Å². The molecule has 144 valence electrons. The predicted octanol–water partition coefficient (Wildman–Crippen LogP) is 2.70. The van der Waals surface area contributed by atoms with Gasteiger partial charge in [-0.1, -0.05) is 12.1 Å². The van der Waals surface area contributed by atoms with Crippen LogP contribution < -0.4 is 20.1 Å². The molecule has 2 N–H and O–H groups in total. The van der Waals surface area contributed by atoms with Gasteiger partial charge in [0.2, 0.25) is 5.91 Å². The Morgan fingerprint density at radius 1 is 1.19 bits per heavy atom. The van der Waals surface area contributed by atoms with Gasteiger partial charge in [-0.3, -0.25) is 4.79 Å². The van der Waals surface area contributed by atoms with Gasteiger partial charge in [0.05, 0.1) is 20.8 Å². The Kier molecular flexibility index (Phi) is 5.74. The topological polar surface area (TPSA) is 68.0 Å². The van der Waals surface area contributed by atoms with E-state index in [1.807, 2.05) is 43.4 Å². The number of fused-ring (bicyclic) bond motifs is 1. The third-order valence-electron chi connectivity index (χ3n) is 5.00. The van der Waals surface area contributed by atoms with Gasteiger partial charge in [0.25, 0.3) is 0 Å². The number of ether oxygens (including phenoxy) is 2. The quantitative estimate of drug-likeness (QED) is 0.793. The van der Waals surface area contributed by atoms with E-state index in [0.717, 1.165) is 41.9 Å². The smallest absolute Gasteiger partial charge is 0.242 e. The highest BCUT2D eigenvalue weighted by Gasteiger charge is 2.22. The summed E-state index contributed by atoms with van der Waals surface area (Å²) in [5.41, 5.74) is 10.1. The van der Waals surface area contributed by atoms with Crippen molar-refractivity contribution in [3.63, 3.8) is 0 Å². The summed E-state index contributed by atoms with van der Waals surface area (Å²) in [6.07, 6.45) is 1.97. The van der Waals surface area contributed by atoms with Gasteiger partial charge in [0.1, 0.15) is 0 Å². The second-order valence-electron chi connectivity index (χ2n) is 6.81. The van der Waals surface area contributed by atoms with Crippen LogP contribution in [0.25, 0.3) is 0 Å². The monoisotopic (exact) mass is 369 g/mol. The molecule has 0 saturated heterocycles. The van der Waals surface area contributed by atoms with E-state index in [0.29, 0.717) is 24.6 Å². The fourth-order valence-electron chi connectivity index (χ4n) is 3.52. The van der Waals surface area contributed by atoms with Crippen molar-refractivity contribution in [1.29, 1.82) is 0 Å². The molecule has 0 bridgehead atoms. The number of nitrogens with two attached hydrogens (primary N) is 1. The molecule has 0 saturated carbocycles. The molecule has 6 nitrogen and oxygen atoms in total. The average Bonchev–Trinajstić information content (AvgIpc) is 2.68. The summed E-state index contributed by atoms with van der Waals surface area (Å²) < 4.78 is 10.6. The van der Waals surface area contributed by atoms with Crippen LogP contribution in [0.2, 0.25) is 0 Å². The van der Waals surface area contributed by atoms with Crippen LogP contribution in [0.5, 0.6) is 11.5 Å². The Balaban J connectivity index is 1.68. The van der Waals surface area contributed by atoms with Crippen molar-refractivity contribution in [3.05, 3.63) is 47.5 Å². The molecule has 0 unspecified atom stereocenters. The van der Waals surface area contributed by atoms with Crippen LogP contribution in [0.4, 0.5) is 11.4 Å². The molecule has 3 rings (SSSR count). The van der Waals surface area contributed by atoms with E-state index >= 15 is 0 Å². The number of rotatable bonds is 6. The summed E-state index contributed by atoms with van der Waals surface area (Å²) in [4.78, 5) is 16.7. The van der Waals surface area contributed by atoms with Crippen molar-refractivity contribution in [2.45, 2.75) is 19.4 Å². The molecule has 0 atom stereocenters. The number of anilines is 2. The van der Waals surface area contributed by atoms with Gasteiger partial charge in [0, 0.05) is 31.5 Å².